The Balaban J connectivity index is 0.626. The van der Waals surface area contributed by atoms with Crippen molar-refractivity contribution in [3.8, 4) is 39.6 Å². The normalized spacial score (nSPS) is 17.5. The van der Waals surface area contributed by atoms with E-state index in [1.54, 1.807) is 42.6 Å². The van der Waals surface area contributed by atoms with E-state index in [1.165, 1.54) is 12.1 Å². The highest BCUT2D eigenvalue weighted by atomic mass is 35.5. The number of amides is 3. The van der Waals surface area contributed by atoms with Crippen LogP contribution in [0.25, 0.3) is 22.4 Å². The van der Waals surface area contributed by atoms with E-state index in [-0.39, 0.29) is 29.2 Å². The molecular formula is C50H52ClF2N7O9. The Hall–Kier alpha value is -6.44. The zero-order chi connectivity index (χ0) is 48.1. The number of pyridine rings is 2. The van der Waals surface area contributed by atoms with Gasteiger partial charge in [-0.1, -0.05) is 35.9 Å². The average Bonchev–Trinajstić information content (AvgIpc) is 3.95. The molecule has 1 aliphatic carbocycles. The van der Waals surface area contributed by atoms with E-state index in [4.69, 9.17) is 41.3 Å². The molecule has 1 atom stereocenters. The molecule has 16 nitrogen and oxygen atoms in total. The molecule has 5 heterocycles. The number of halogens is 3. The van der Waals surface area contributed by atoms with Crippen LogP contribution in [0.1, 0.15) is 39.9 Å². The summed E-state index contributed by atoms with van der Waals surface area (Å²) in [5, 5.41) is 6.34. The van der Waals surface area contributed by atoms with Crippen LogP contribution in [0.5, 0.6) is 17.2 Å². The predicted molar refractivity (Wildman–Crippen MR) is 252 cm³/mol. The van der Waals surface area contributed by atoms with Gasteiger partial charge in [0.1, 0.15) is 17.4 Å². The first kappa shape index (κ1) is 47.6. The number of anilines is 2. The Bertz CT molecular complexity index is 2720. The predicted octanol–water partition coefficient (Wildman–Crippen LogP) is 6.27. The van der Waals surface area contributed by atoms with Gasteiger partial charge in [0.15, 0.2) is 17.6 Å². The summed E-state index contributed by atoms with van der Waals surface area (Å²) in [5.41, 5.74) is 10.6. The van der Waals surface area contributed by atoms with Crippen molar-refractivity contribution in [1.82, 2.24) is 25.1 Å². The minimum absolute atomic E-state index is 0.0305. The maximum absolute atomic E-state index is 13.6. The zero-order valence-corrected chi connectivity index (χ0v) is 38.7. The molecule has 0 bridgehead atoms. The first-order valence-corrected chi connectivity index (χ1v) is 23.3. The molecule has 3 aromatic carbocycles. The third-order valence-corrected chi connectivity index (χ3v) is 12.8. The summed E-state index contributed by atoms with van der Waals surface area (Å²) in [5.74, 6) is 0.559. The number of hydrogen-bond acceptors (Lipinski definition) is 13. The van der Waals surface area contributed by atoms with Crippen LogP contribution in [0.2, 0.25) is 5.02 Å². The fourth-order valence-corrected chi connectivity index (χ4v) is 8.96. The van der Waals surface area contributed by atoms with Crippen LogP contribution in [0.4, 0.5) is 20.4 Å². The van der Waals surface area contributed by atoms with Crippen molar-refractivity contribution < 1.29 is 51.6 Å². The molecule has 3 amide bonds. The highest BCUT2D eigenvalue weighted by molar-refractivity contribution is 6.31. The summed E-state index contributed by atoms with van der Waals surface area (Å²) in [4.78, 5) is 53.0. The lowest BCUT2D eigenvalue weighted by Gasteiger charge is -2.35. The number of aryl methyl sites for hydroxylation is 1. The van der Waals surface area contributed by atoms with E-state index in [2.05, 4.69) is 30.0 Å². The van der Waals surface area contributed by atoms with Crippen molar-refractivity contribution in [2.24, 2.45) is 0 Å². The summed E-state index contributed by atoms with van der Waals surface area (Å²) in [6.07, 6.45) is -1.20. The number of aromatic nitrogens is 2. The van der Waals surface area contributed by atoms with Crippen LogP contribution in [0, 0.1) is 6.92 Å². The molecule has 2 fully saturated rings. The van der Waals surface area contributed by atoms with Crippen LogP contribution < -0.4 is 30.6 Å². The summed E-state index contributed by atoms with van der Waals surface area (Å²) in [6, 6.07) is 22.3. The SMILES string of the molecule is Cc1ccc(NC(=O)C2(c3ccc4c(c3)OC(F)(F)O4)CC2)nc1-c1cccc(C(=O)NCCOCCOCCOCCN2CCN(C(=O)C3Cc4cc(Cl)cc(-c5ccnc(N)c5)c4O3)CC2)c1. The van der Waals surface area contributed by atoms with Crippen LogP contribution in [-0.2, 0) is 35.6 Å². The Morgan fingerprint density at radius 3 is 2.38 bits per heavy atom. The molecule has 1 saturated heterocycles. The number of alkyl halides is 2. The number of benzene rings is 3. The van der Waals surface area contributed by atoms with Gasteiger partial charge < -0.3 is 49.7 Å². The third kappa shape index (κ3) is 11.2. The van der Waals surface area contributed by atoms with Crippen molar-refractivity contribution in [2.45, 2.75) is 44.0 Å². The second-order valence-corrected chi connectivity index (χ2v) is 17.7. The average molecular weight is 968 g/mol. The van der Waals surface area contributed by atoms with E-state index in [0.29, 0.717) is 123 Å². The lowest BCUT2D eigenvalue weighted by atomic mass is 9.94. The minimum Gasteiger partial charge on any atom is -0.479 e. The monoisotopic (exact) mass is 967 g/mol. The number of nitrogens with zero attached hydrogens (tertiary/aromatic N) is 4. The molecular weight excluding hydrogens is 916 g/mol. The van der Waals surface area contributed by atoms with Gasteiger partial charge >= 0.3 is 6.29 Å². The maximum atomic E-state index is 13.6. The first-order valence-electron chi connectivity index (χ1n) is 22.9. The van der Waals surface area contributed by atoms with E-state index >= 15 is 0 Å². The first-order chi connectivity index (χ1) is 33.3. The summed E-state index contributed by atoms with van der Waals surface area (Å²) in [7, 11) is 0. The van der Waals surface area contributed by atoms with Gasteiger partial charge in [-0.05, 0) is 91.1 Å². The summed E-state index contributed by atoms with van der Waals surface area (Å²) in [6.45, 7) is 8.05. The molecule has 362 valence electrons. The molecule has 3 aliphatic heterocycles. The fourth-order valence-electron chi connectivity index (χ4n) is 8.72. The number of ether oxygens (including phenoxy) is 6. The van der Waals surface area contributed by atoms with Gasteiger partial charge in [-0.3, -0.25) is 19.3 Å². The van der Waals surface area contributed by atoms with Gasteiger partial charge in [-0.2, -0.15) is 0 Å². The molecule has 4 aliphatic rings. The number of nitrogens with two attached hydrogens (primary N) is 1. The summed E-state index contributed by atoms with van der Waals surface area (Å²) < 4.78 is 59.7. The number of carbonyl (C=O) groups excluding carboxylic acids is 3. The van der Waals surface area contributed by atoms with Gasteiger partial charge in [0, 0.05) is 79.2 Å². The Kier molecular flexibility index (Phi) is 14.3. The number of nitrogen functional groups attached to an aromatic ring is 1. The zero-order valence-electron chi connectivity index (χ0n) is 37.9. The van der Waals surface area contributed by atoms with Crippen LogP contribution >= 0.6 is 11.6 Å². The molecule has 9 rings (SSSR count). The van der Waals surface area contributed by atoms with Gasteiger partial charge in [0.05, 0.1) is 50.8 Å². The topological polar surface area (TPSA) is 189 Å². The molecule has 4 N–H and O–H groups in total. The molecule has 69 heavy (non-hydrogen) atoms. The summed E-state index contributed by atoms with van der Waals surface area (Å²) >= 11 is 6.44. The molecule has 0 spiro atoms. The highest BCUT2D eigenvalue weighted by Crippen LogP contribution is 2.52. The van der Waals surface area contributed by atoms with E-state index in [9.17, 15) is 23.2 Å². The van der Waals surface area contributed by atoms with Crippen molar-refractivity contribution in [2.75, 3.05) is 90.0 Å². The molecule has 5 aromatic rings. The maximum Gasteiger partial charge on any atom is 0.586 e. The molecule has 1 unspecified atom stereocenters. The minimum atomic E-state index is -3.75. The van der Waals surface area contributed by atoms with Crippen LogP contribution in [-0.4, -0.2) is 129 Å². The molecule has 0 radical (unpaired) electrons. The van der Waals surface area contributed by atoms with Crippen molar-refractivity contribution in [3.05, 3.63) is 112 Å². The number of fused-ring (bicyclic) bond motifs is 2. The number of piperazine rings is 1. The van der Waals surface area contributed by atoms with Gasteiger partial charge in [-0.15, -0.1) is 8.78 Å². The van der Waals surface area contributed by atoms with Crippen LogP contribution in [0.3, 0.4) is 0 Å². The fraction of sp³-hybridized carbons (Fsp3) is 0.380. The lowest BCUT2D eigenvalue weighted by Crippen LogP contribution is -2.52. The number of rotatable bonds is 19. The second kappa shape index (κ2) is 20.7. The Labute approximate surface area is 402 Å². The van der Waals surface area contributed by atoms with Crippen LogP contribution in [0.15, 0.2) is 85.1 Å². The van der Waals surface area contributed by atoms with Crippen molar-refractivity contribution >= 4 is 41.0 Å². The highest BCUT2D eigenvalue weighted by Gasteiger charge is 2.53. The van der Waals surface area contributed by atoms with Gasteiger partial charge in [-0.25, -0.2) is 9.97 Å². The molecule has 19 heteroatoms. The molecule has 1 saturated carbocycles. The van der Waals surface area contributed by atoms with Gasteiger partial charge in [0.25, 0.3) is 11.8 Å². The molecule has 2 aromatic heterocycles. The largest absolute Gasteiger partial charge is 0.586 e. The van der Waals surface area contributed by atoms with Crippen molar-refractivity contribution in [1.29, 1.82) is 0 Å². The van der Waals surface area contributed by atoms with Crippen molar-refractivity contribution in [3.63, 3.8) is 0 Å². The number of carbonyl (C=O) groups is 3. The van der Waals surface area contributed by atoms with E-state index < -0.39 is 17.8 Å². The lowest BCUT2D eigenvalue weighted by molar-refractivity contribution is -0.286. The Morgan fingerprint density at radius 1 is 0.855 bits per heavy atom. The Morgan fingerprint density at radius 2 is 1.61 bits per heavy atom. The number of nitrogens with one attached hydrogen (secondary N) is 2. The smallest absolute Gasteiger partial charge is 0.479 e. The standard InChI is InChI=1S/C50H52ClF2N7O9/c1-31-5-8-43(58-48(63)49(10-11-49)36-6-7-39-40(29-36)69-50(52,53)68-39)57-44(31)33-3-2-4-34(25-33)46(61)56-13-19-64-21-23-66-24-22-65-20-18-59-14-16-60(17-15-59)47(62)41-27-35-26-37(51)30-38(45(35)67-41)32-9-12-55-42(54)28-32/h2-9,12,25-26,28-30,41H,10-11,13-24,27H2,1H3,(H2,54,55)(H,56,61)(H,57,58,63). The third-order valence-electron chi connectivity index (χ3n) is 12.6. The van der Waals surface area contributed by atoms with E-state index in [1.807, 2.05) is 42.2 Å². The van der Waals surface area contributed by atoms with E-state index in [0.717, 1.165) is 41.9 Å². The number of hydrogen-bond donors (Lipinski definition) is 3. The quantitative estimate of drug-likeness (QED) is 0.0787. The van der Waals surface area contributed by atoms with Gasteiger partial charge in [0.2, 0.25) is 5.91 Å². The second-order valence-electron chi connectivity index (χ2n) is 17.3.